The molecule has 1 aromatic rings. The zero-order valence-electron chi connectivity index (χ0n) is 11.9. The fraction of sp³-hybridized carbons (Fsp3) is 0.538. The molecule has 110 valence electrons. The third-order valence-corrected chi connectivity index (χ3v) is 4.64. The van der Waals surface area contributed by atoms with Crippen molar-refractivity contribution >= 4 is 33.7 Å². The number of methoxy groups -OCH3 is 1. The molecule has 1 aliphatic rings. The summed E-state index contributed by atoms with van der Waals surface area (Å²) in [6.07, 6.45) is 0.871. The molecule has 1 aromatic heterocycles. The maximum atomic E-state index is 11.6. The first-order chi connectivity index (χ1) is 9.43. The summed E-state index contributed by atoms with van der Waals surface area (Å²) in [5.74, 6) is 0.470. The van der Waals surface area contributed by atoms with Gasteiger partial charge in [-0.1, -0.05) is 0 Å². The van der Waals surface area contributed by atoms with Crippen molar-refractivity contribution in [1.29, 1.82) is 0 Å². The molecule has 2 rings (SSSR count). The third-order valence-electron chi connectivity index (χ3n) is 3.29. The molecule has 0 aliphatic carbocycles. The number of nitrogens with one attached hydrogen (secondary N) is 1. The number of carbonyl (C=O) groups is 2. The van der Waals surface area contributed by atoms with E-state index in [1.807, 2.05) is 0 Å². The Hall–Kier alpha value is -1.76. The largest absolute Gasteiger partial charge is 0.492 e. The van der Waals surface area contributed by atoms with Crippen molar-refractivity contribution in [2.24, 2.45) is 0 Å². The van der Waals surface area contributed by atoms with Crippen LogP contribution in [0.15, 0.2) is 0 Å². The summed E-state index contributed by atoms with van der Waals surface area (Å²) in [7, 11) is 1.55. The Balaban J connectivity index is 2.23. The van der Waals surface area contributed by atoms with Crippen LogP contribution in [-0.4, -0.2) is 37.9 Å². The number of thiophene rings is 1. The molecule has 1 amide bonds. The predicted molar refractivity (Wildman–Crippen MR) is 79.7 cm³/mol. The van der Waals surface area contributed by atoms with Gasteiger partial charge < -0.3 is 20.7 Å². The molecule has 0 radical (unpaired) electrons. The molecule has 0 saturated carbocycles. The van der Waals surface area contributed by atoms with E-state index in [4.69, 9.17) is 10.5 Å². The number of nitrogen functional groups attached to an aromatic ring is 1. The molecular weight excluding hydrogens is 278 g/mol. The van der Waals surface area contributed by atoms with Gasteiger partial charge in [0.15, 0.2) is 11.5 Å². The van der Waals surface area contributed by atoms with Crippen LogP contribution in [-0.2, 0) is 4.79 Å². The molecule has 2 heterocycles. The highest BCUT2D eigenvalue weighted by molar-refractivity contribution is 7.19. The van der Waals surface area contributed by atoms with Gasteiger partial charge in [-0.15, -0.1) is 11.3 Å². The summed E-state index contributed by atoms with van der Waals surface area (Å²) in [5, 5.41) is 3.77. The van der Waals surface area contributed by atoms with Gasteiger partial charge in [-0.2, -0.15) is 0 Å². The van der Waals surface area contributed by atoms with Crippen molar-refractivity contribution in [2.45, 2.75) is 26.3 Å². The smallest absolute Gasteiger partial charge is 0.217 e. The van der Waals surface area contributed by atoms with E-state index in [-0.39, 0.29) is 17.7 Å². The molecular formula is C13H19N3O3S. The second-order valence-electron chi connectivity index (χ2n) is 4.87. The number of anilines is 2. The lowest BCUT2D eigenvalue weighted by molar-refractivity contribution is -0.119. The molecule has 7 heteroatoms. The Labute approximate surface area is 121 Å². The number of nitrogens with two attached hydrogens (primary N) is 1. The molecule has 0 spiro atoms. The Morgan fingerprint density at radius 3 is 2.70 bits per heavy atom. The fourth-order valence-corrected chi connectivity index (χ4v) is 3.55. The lowest BCUT2D eigenvalue weighted by Crippen LogP contribution is -2.35. The van der Waals surface area contributed by atoms with Crippen LogP contribution in [0.25, 0.3) is 0 Å². The van der Waals surface area contributed by atoms with E-state index in [0.717, 1.165) is 18.0 Å². The lowest BCUT2D eigenvalue weighted by atomic mass is 10.2. The van der Waals surface area contributed by atoms with Crippen LogP contribution in [0.5, 0.6) is 5.75 Å². The Kier molecular flexibility index (Phi) is 4.17. The second-order valence-corrected chi connectivity index (χ2v) is 5.87. The van der Waals surface area contributed by atoms with Gasteiger partial charge in [-0.05, 0) is 6.42 Å². The molecule has 0 aromatic carbocycles. The lowest BCUT2D eigenvalue weighted by Gasteiger charge is -2.18. The number of ketones is 1. The average Bonchev–Trinajstić information content (AvgIpc) is 2.92. The van der Waals surface area contributed by atoms with E-state index in [2.05, 4.69) is 10.2 Å². The minimum Gasteiger partial charge on any atom is -0.492 e. The van der Waals surface area contributed by atoms with Gasteiger partial charge in [-0.25, -0.2) is 0 Å². The van der Waals surface area contributed by atoms with Gasteiger partial charge in [0.05, 0.1) is 17.7 Å². The Morgan fingerprint density at radius 2 is 2.15 bits per heavy atom. The van der Waals surface area contributed by atoms with Crippen LogP contribution in [0.1, 0.15) is 29.9 Å². The summed E-state index contributed by atoms with van der Waals surface area (Å²) in [6.45, 7) is 4.52. The molecule has 1 unspecified atom stereocenters. The number of ether oxygens (including phenoxy) is 1. The summed E-state index contributed by atoms with van der Waals surface area (Å²) in [4.78, 5) is 25.3. The highest BCUT2D eigenvalue weighted by Crippen LogP contribution is 2.45. The number of Topliss-reactive ketones (excluding diaryl/α,β-unsaturated/α-hetero) is 1. The fourth-order valence-electron chi connectivity index (χ4n) is 2.43. The van der Waals surface area contributed by atoms with Crippen molar-refractivity contribution in [2.75, 3.05) is 30.8 Å². The normalized spacial score (nSPS) is 18.1. The van der Waals surface area contributed by atoms with E-state index in [0.29, 0.717) is 22.9 Å². The van der Waals surface area contributed by atoms with Gasteiger partial charge in [0, 0.05) is 33.0 Å². The summed E-state index contributed by atoms with van der Waals surface area (Å²) in [5.41, 5.74) is 6.37. The molecule has 0 bridgehead atoms. The van der Waals surface area contributed by atoms with Crippen LogP contribution in [0.3, 0.4) is 0 Å². The van der Waals surface area contributed by atoms with Gasteiger partial charge in [-0.3, -0.25) is 9.59 Å². The molecule has 1 aliphatic heterocycles. The molecule has 1 atom stereocenters. The van der Waals surface area contributed by atoms with Crippen LogP contribution in [0, 0.1) is 0 Å². The Morgan fingerprint density at radius 1 is 1.45 bits per heavy atom. The summed E-state index contributed by atoms with van der Waals surface area (Å²) < 4.78 is 5.34. The van der Waals surface area contributed by atoms with Crippen molar-refractivity contribution in [1.82, 2.24) is 5.32 Å². The first-order valence-electron chi connectivity index (χ1n) is 6.43. The minimum atomic E-state index is -0.0605. The maximum Gasteiger partial charge on any atom is 0.217 e. The van der Waals surface area contributed by atoms with Crippen LogP contribution in [0.2, 0.25) is 0 Å². The number of rotatable bonds is 4. The monoisotopic (exact) mass is 297 g/mol. The first kappa shape index (κ1) is 14.6. The summed E-state index contributed by atoms with van der Waals surface area (Å²) in [6, 6.07) is 0.126. The van der Waals surface area contributed by atoms with E-state index >= 15 is 0 Å². The van der Waals surface area contributed by atoms with E-state index < -0.39 is 0 Å². The van der Waals surface area contributed by atoms with E-state index in [1.165, 1.54) is 25.2 Å². The van der Waals surface area contributed by atoms with Crippen molar-refractivity contribution in [3.63, 3.8) is 0 Å². The van der Waals surface area contributed by atoms with Crippen LogP contribution < -0.4 is 20.7 Å². The number of hydrogen-bond donors (Lipinski definition) is 2. The molecule has 1 fully saturated rings. The van der Waals surface area contributed by atoms with Crippen molar-refractivity contribution < 1.29 is 14.3 Å². The molecule has 1 saturated heterocycles. The SMILES string of the molecule is COc1c(N2CCC(NC(C)=O)C2)sc(C(C)=O)c1N. The number of amides is 1. The zero-order chi connectivity index (χ0) is 14.9. The highest BCUT2D eigenvalue weighted by Gasteiger charge is 2.29. The van der Waals surface area contributed by atoms with Gasteiger partial charge in [0.25, 0.3) is 0 Å². The van der Waals surface area contributed by atoms with Crippen molar-refractivity contribution in [3.05, 3.63) is 4.88 Å². The quantitative estimate of drug-likeness (QED) is 0.817. The van der Waals surface area contributed by atoms with E-state index in [9.17, 15) is 9.59 Å². The average molecular weight is 297 g/mol. The number of carbonyl (C=O) groups excluding carboxylic acids is 2. The van der Waals surface area contributed by atoms with Gasteiger partial charge >= 0.3 is 0 Å². The van der Waals surface area contributed by atoms with Gasteiger partial charge in [0.2, 0.25) is 5.91 Å². The minimum absolute atomic E-state index is 0.0288. The maximum absolute atomic E-state index is 11.6. The second kappa shape index (κ2) is 5.70. The zero-order valence-corrected chi connectivity index (χ0v) is 12.7. The highest BCUT2D eigenvalue weighted by atomic mass is 32.1. The number of hydrogen-bond acceptors (Lipinski definition) is 6. The topological polar surface area (TPSA) is 84.7 Å². The predicted octanol–water partition coefficient (Wildman–Crippen LogP) is 1.26. The van der Waals surface area contributed by atoms with Crippen LogP contribution in [0.4, 0.5) is 10.7 Å². The van der Waals surface area contributed by atoms with Crippen molar-refractivity contribution in [3.8, 4) is 5.75 Å². The molecule has 3 N–H and O–H groups in total. The molecule has 6 nitrogen and oxygen atoms in total. The number of nitrogens with zero attached hydrogens (tertiary/aromatic N) is 1. The van der Waals surface area contributed by atoms with E-state index in [1.54, 1.807) is 7.11 Å². The first-order valence-corrected chi connectivity index (χ1v) is 7.25. The molecule has 20 heavy (non-hydrogen) atoms. The third kappa shape index (κ3) is 2.72. The van der Waals surface area contributed by atoms with Crippen LogP contribution >= 0.6 is 11.3 Å². The Bertz CT molecular complexity index is 541. The standard InChI is InChI=1S/C13H19N3O3S/c1-7(17)12-10(14)11(19-3)13(20-12)16-5-4-9(6-16)15-8(2)18/h9H,4-6,14H2,1-3H3,(H,15,18). The van der Waals surface area contributed by atoms with Gasteiger partial charge in [0.1, 0.15) is 5.00 Å². The summed E-state index contributed by atoms with van der Waals surface area (Å²) >= 11 is 1.35.